The van der Waals surface area contributed by atoms with E-state index in [4.69, 9.17) is 14.7 Å². The molecule has 6 aromatic rings. The summed E-state index contributed by atoms with van der Waals surface area (Å²) in [6.07, 6.45) is 5.96. The van der Waals surface area contributed by atoms with E-state index in [0.29, 0.717) is 61.8 Å². The van der Waals surface area contributed by atoms with E-state index in [0.717, 1.165) is 11.8 Å². The van der Waals surface area contributed by atoms with Gasteiger partial charge in [-0.1, -0.05) is 0 Å². The van der Waals surface area contributed by atoms with Gasteiger partial charge in [-0.05, 0) is 53.6 Å². The molecule has 196 valence electrons. The van der Waals surface area contributed by atoms with E-state index in [9.17, 15) is 12.8 Å². The highest BCUT2D eigenvalue weighted by Gasteiger charge is 2.18. The smallest absolute Gasteiger partial charge is 0.209 e. The normalized spacial score (nSPS) is 11.9. The zero-order chi connectivity index (χ0) is 27.1. The lowest BCUT2D eigenvalue weighted by Crippen LogP contribution is -2.21. The SMILES string of the molecule is COc1cncc(-c2ccc3[nH]nc(-c4nc5c(-c6cc(F)cc(CNS(C)(=O)=O)c6)ccnc5[nH]4)c3n2)c1. The number of methoxy groups -OCH3 is 1. The zero-order valence-corrected chi connectivity index (χ0v) is 21.5. The molecule has 0 aliphatic heterocycles. The number of pyridine rings is 3. The lowest BCUT2D eigenvalue weighted by Gasteiger charge is -2.07. The number of ether oxygens (including phenoxy) is 1. The summed E-state index contributed by atoms with van der Waals surface area (Å²) in [5, 5.41) is 7.41. The lowest BCUT2D eigenvalue weighted by molar-refractivity contribution is 0.413. The highest BCUT2D eigenvalue weighted by molar-refractivity contribution is 7.88. The van der Waals surface area contributed by atoms with Gasteiger partial charge in [0.25, 0.3) is 0 Å². The summed E-state index contributed by atoms with van der Waals surface area (Å²) in [5.74, 6) is 0.547. The van der Waals surface area contributed by atoms with Gasteiger partial charge in [-0.3, -0.25) is 10.1 Å². The second-order valence-electron chi connectivity index (χ2n) is 8.86. The van der Waals surface area contributed by atoms with Gasteiger partial charge in [-0.25, -0.2) is 32.5 Å². The summed E-state index contributed by atoms with van der Waals surface area (Å²) >= 11 is 0. The van der Waals surface area contributed by atoms with E-state index in [1.165, 1.54) is 12.1 Å². The molecule has 6 rings (SSSR count). The number of rotatable bonds is 7. The largest absolute Gasteiger partial charge is 0.495 e. The zero-order valence-electron chi connectivity index (χ0n) is 20.7. The molecule has 1 aromatic carbocycles. The number of aromatic nitrogens is 7. The Hall–Kier alpha value is -4.75. The van der Waals surface area contributed by atoms with Crippen LogP contribution < -0.4 is 9.46 Å². The number of sulfonamides is 1. The number of benzene rings is 1. The van der Waals surface area contributed by atoms with Crippen molar-refractivity contribution in [3.8, 4) is 39.7 Å². The van der Waals surface area contributed by atoms with Gasteiger partial charge in [0, 0.05) is 30.1 Å². The van der Waals surface area contributed by atoms with Crippen molar-refractivity contribution < 1.29 is 17.5 Å². The van der Waals surface area contributed by atoms with E-state index in [1.807, 2.05) is 18.2 Å². The van der Waals surface area contributed by atoms with Crippen LogP contribution in [0.5, 0.6) is 5.75 Å². The fourth-order valence-electron chi connectivity index (χ4n) is 4.27. The number of hydrogen-bond acceptors (Lipinski definition) is 8. The van der Waals surface area contributed by atoms with Gasteiger partial charge in [-0.2, -0.15) is 5.10 Å². The fourth-order valence-corrected chi connectivity index (χ4v) is 4.70. The van der Waals surface area contributed by atoms with Gasteiger partial charge >= 0.3 is 0 Å². The molecule has 0 spiro atoms. The number of H-pyrrole nitrogens is 2. The topological polar surface area (TPSA) is 151 Å². The number of fused-ring (bicyclic) bond motifs is 2. The molecule has 0 saturated heterocycles. The minimum atomic E-state index is -3.44. The molecule has 0 atom stereocenters. The quantitative estimate of drug-likeness (QED) is 0.274. The maximum Gasteiger partial charge on any atom is 0.209 e. The first-order valence-electron chi connectivity index (χ1n) is 11.7. The van der Waals surface area contributed by atoms with Crippen molar-refractivity contribution >= 4 is 32.2 Å². The van der Waals surface area contributed by atoms with E-state index in [2.05, 4.69) is 29.9 Å². The third kappa shape index (κ3) is 4.92. The first kappa shape index (κ1) is 24.6. The van der Waals surface area contributed by atoms with Crippen LogP contribution in [-0.2, 0) is 16.6 Å². The molecule has 0 amide bonds. The van der Waals surface area contributed by atoms with Crippen molar-refractivity contribution in [3.05, 3.63) is 72.4 Å². The van der Waals surface area contributed by atoms with Crippen LogP contribution in [0.3, 0.4) is 0 Å². The molecule has 0 aliphatic rings. The molecule has 0 saturated carbocycles. The monoisotopic (exact) mass is 544 g/mol. The van der Waals surface area contributed by atoms with Gasteiger partial charge in [0.15, 0.2) is 17.2 Å². The van der Waals surface area contributed by atoms with Crippen LogP contribution in [0.2, 0.25) is 0 Å². The van der Waals surface area contributed by atoms with E-state index >= 15 is 0 Å². The molecule has 0 fully saturated rings. The second-order valence-corrected chi connectivity index (χ2v) is 10.7. The van der Waals surface area contributed by atoms with Crippen LogP contribution in [-0.4, -0.2) is 56.9 Å². The van der Waals surface area contributed by atoms with Crippen molar-refractivity contribution in [2.75, 3.05) is 13.4 Å². The molecule has 13 heteroatoms. The summed E-state index contributed by atoms with van der Waals surface area (Å²) in [6.45, 7) is -0.0420. The van der Waals surface area contributed by atoms with E-state index in [1.54, 1.807) is 37.8 Å². The predicted octanol–water partition coefficient (Wildman–Crippen LogP) is 3.82. The number of imidazole rings is 1. The van der Waals surface area contributed by atoms with Crippen LogP contribution in [0.15, 0.2) is 61.1 Å². The second kappa shape index (κ2) is 9.53. The minimum absolute atomic E-state index is 0.0420. The van der Waals surface area contributed by atoms with Crippen molar-refractivity contribution in [2.45, 2.75) is 6.54 Å². The standard InChI is InChI=1S/C26H21FN8O3S/c1-38-18-10-16(12-28-13-18)20-3-4-21-23(31-20)24(35-34-21)26-32-22-19(5-6-29-25(22)33-26)15-7-14(8-17(27)9-15)11-30-39(2,36)37/h3-10,12-13,30H,11H2,1-2H3,(H,34,35)(H,29,32,33). The van der Waals surface area contributed by atoms with Crippen LogP contribution in [0.1, 0.15) is 5.56 Å². The molecule has 0 unspecified atom stereocenters. The minimum Gasteiger partial charge on any atom is -0.495 e. The molecule has 3 N–H and O–H groups in total. The van der Waals surface area contributed by atoms with Crippen molar-refractivity contribution in [3.63, 3.8) is 0 Å². The first-order valence-corrected chi connectivity index (χ1v) is 13.6. The molecule has 39 heavy (non-hydrogen) atoms. The molecule has 0 radical (unpaired) electrons. The van der Waals surface area contributed by atoms with Crippen LogP contribution >= 0.6 is 0 Å². The van der Waals surface area contributed by atoms with Crippen LogP contribution in [0.25, 0.3) is 56.1 Å². The average molecular weight is 545 g/mol. The van der Waals surface area contributed by atoms with Crippen molar-refractivity contribution in [1.29, 1.82) is 0 Å². The van der Waals surface area contributed by atoms with Gasteiger partial charge in [-0.15, -0.1) is 0 Å². The average Bonchev–Trinajstić information content (AvgIpc) is 3.55. The Labute approximate surface area is 221 Å². The number of halogens is 1. The van der Waals surface area contributed by atoms with Crippen molar-refractivity contribution in [2.24, 2.45) is 0 Å². The predicted molar refractivity (Wildman–Crippen MR) is 144 cm³/mol. The lowest BCUT2D eigenvalue weighted by atomic mass is 10.0. The highest BCUT2D eigenvalue weighted by atomic mass is 32.2. The molecule has 5 heterocycles. The molecule has 5 aromatic heterocycles. The first-order chi connectivity index (χ1) is 18.8. The third-order valence-electron chi connectivity index (χ3n) is 6.07. The number of nitrogens with one attached hydrogen (secondary N) is 3. The number of aromatic amines is 2. The highest BCUT2D eigenvalue weighted by Crippen LogP contribution is 2.32. The van der Waals surface area contributed by atoms with Crippen molar-refractivity contribution in [1.82, 2.24) is 39.8 Å². The Morgan fingerprint density at radius 3 is 2.72 bits per heavy atom. The summed E-state index contributed by atoms with van der Waals surface area (Å²) in [7, 11) is -1.86. The van der Waals surface area contributed by atoms with Gasteiger partial charge in [0.2, 0.25) is 10.0 Å². The molecule has 11 nitrogen and oxygen atoms in total. The molecular formula is C26H21FN8O3S. The Kier molecular flexibility index (Phi) is 6.00. The van der Waals surface area contributed by atoms with Crippen LogP contribution in [0.4, 0.5) is 4.39 Å². The summed E-state index contributed by atoms with van der Waals surface area (Å²) in [5.41, 5.74) is 5.87. The van der Waals surface area contributed by atoms with E-state index < -0.39 is 15.8 Å². The summed E-state index contributed by atoms with van der Waals surface area (Å²) in [4.78, 5) is 21.3. The molecule has 0 bridgehead atoms. The maximum absolute atomic E-state index is 14.5. The summed E-state index contributed by atoms with van der Waals surface area (Å²) < 4.78 is 45.2. The van der Waals surface area contributed by atoms with Gasteiger partial charge in [0.05, 0.1) is 30.8 Å². The molecule has 0 aliphatic carbocycles. The molecular weight excluding hydrogens is 523 g/mol. The van der Waals surface area contributed by atoms with Gasteiger partial charge < -0.3 is 9.72 Å². The Balaban J connectivity index is 1.42. The van der Waals surface area contributed by atoms with Crippen LogP contribution in [0, 0.1) is 5.82 Å². The Bertz CT molecular complexity index is 1970. The van der Waals surface area contributed by atoms with Gasteiger partial charge in [0.1, 0.15) is 22.6 Å². The summed E-state index contributed by atoms with van der Waals surface area (Å²) in [6, 6.07) is 11.7. The fraction of sp³-hybridized carbons (Fsp3) is 0.115. The van der Waals surface area contributed by atoms with E-state index in [-0.39, 0.29) is 6.54 Å². The third-order valence-corrected chi connectivity index (χ3v) is 6.74. The Morgan fingerprint density at radius 1 is 1.03 bits per heavy atom. The maximum atomic E-state index is 14.5. The number of nitrogens with zero attached hydrogens (tertiary/aromatic N) is 5. The number of hydrogen-bond donors (Lipinski definition) is 3. The Morgan fingerprint density at radius 2 is 1.90 bits per heavy atom.